The first kappa shape index (κ1) is 30.1. The highest BCUT2D eigenvalue weighted by Gasteiger charge is 2.20. The highest BCUT2D eigenvalue weighted by molar-refractivity contribution is 5.91. The molecule has 0 spiro atoms. The van der Waals surface area contributed by atoms with Crippen LogP contribution < -0.4 is 11.1 Å². The second-order valence-corrected chi connectivity index (χ2v) is 8.30. The van der Waals surface area contributed by atoms with Gasteiger partial charge in [-0.1, -0.05) is 95.6 Å². The van der Waals surface area contributed by atoms with Gasteiger partial charge in [-0.2, -0.15) is 0 Å². The molecule has 0 saturated carbocycles. The number of hydrogen-bond donors (Lipinski definition) is 2. The molecule has 0 aliphatic carbocycles. The van der Waals surface area contributed by atoms with E-state index in [1.54, 1.807) is 6.08 Å². The molecular weight excluding hydrogens is 400 g/mol. The predicted octanol–water partition coefficient (Wildman–Crippen LogP) is 6.14. The lowest BCUT2D eigenvalue weighted by molar-refractivity contribution is -0.147. The number of nitrogens with one attached hydrogen (secondary N) is 1. The summed E-state index contributed by atoms with van der Waals surface area (Å²) in [5, 5.41) is 2.74. The van der Waals surface area contributed by atoms with Crippen molar-refractivity contribution in [1.29, 1.82) is 0 Å². The van der Waals surface area contributed by atoms with Crippen molar-refractivity contribution in [2.45, 2.75) is 110 Å². The summed E-state index contributed by atoms with van der Waals surface area (Å²) in [6, 6.07) is -0.620. The van der Waals surface area contributed by atoms with E-state index in [-0.39, 0.29) is 11.9 Å². The van der Waals surface area contributed by atoms with Crippen molar-refractivity contribution in [2.75, 3.05) is 13.2 Å². The number of hydrogen-bond acceptors (Lipinski definition) is 4. The molecule has 0 heterocycles. The molecule has 0 saturated heterocycles. The summed E-state index contributed by atoms with van der Waals surface area (Å²) < 4.78 is 5.18. The predicted molar refractivity (Wildman–Crippen MR) is 135 cm³/mol. The SMILES string of the molecule is CCCCCCCCCCCC=CC=CC=CC(=O)N[C@@H](CCCCN)C(=O)OCCC. The largest absolute Gasteiger partial charge is 0.464 e. The summed E-state index contributed by atoms with van der Waals surface area (Å²) in [4.78, 5) is 24.2. The van der Waals surface area contributed by atoms with Crippen molar-refractivity contribution in [3.8, 4) is 0 Å². The van der Waals surface area contributed by atoms with Gasteiger partial charge in [0, 0.05) is 6.08 Å². The highest BCUT2D eigenvalue weighted by Crippen LogP contribution is 2.10. The third kappa shape index (κ3) is 20.0. The Labute approximate surface area is 196 Å². The fourth-order valence-electron chi connectivity index (χ4n) is 3.28. The molecule has 5 heteroatoms. The van der Waals surface area contributed by atoms with Crippen LogP contribution in [0.1, 0.15) is 104 Å². The maximum atomic E-state index is 12.1. The lowest BCUT2D eigenvalue weighted by Gasteiger charge is -2.16. The Morgan fingerprint density at radius 2 is 1.47 bits per heavy atom. The van der Waals surface area contributed by atoms with Crippen LogP contribution in [-0.4, -0.2) is 31.1 Å². The second kappa shape index (κ2) is 23.8. The van der Waals surface area contributed by atoms with E-state index in [0.29, 0.717) is 19.6 Å². The number of allylic oxidation sites excluding steroid dienone is 5. The highest BCUT2D eigenvalue weighted by atomic mass is 16.5. The van der Waals surface area contributed by atoms with Gasteiger partial charge in [0.15, 0.2) is 0 Å². The molecule has 0 aromatic heterocycles. The fraction of sp³-hybridized carbons (Fsp3) is 0.704. The van der Waals surface area contributed by atoms with E-state index in [2.05, 4.69) is 18.3 Å². The number of rotatable bonds is 21. The van der Waals surface area contributed by atoms with E-state index >= 15 is 0 Å². The Morgan fingerprint density at radius 3 is 2.12 bits per heavy atom. The summed E-state index contributed by atoms with van der Waals surface area (Å²) in [6.45, 7) is 5.13. The zero-order valence-corrected chi connectivity index (χ0v) is 20.7. The number of ether oxygens (including phenoxy) is 1. The monoisotopic (exact) mass is 448 g/mol. The van der Waals surface area contributed by atoms with Crippen LogP contribution in [0, 0.1) is 0 Å². The number of carbonyl (C=O) groups excluding carboxylic acids is 2. The standard InChI is InChI=1S/C27H48N2O3/c1-3-5-6-7-8-9-10-11-12-13-14-15-16-17-18-22-26(30)29-25(21-19-20-23-28)27(31)32-24-4-2/h14-18,22,25H,3-13,19-21,23-24,28H2,1-2H3,(H,29,30)/t25-/m0/s1. The van der Waals surface area contributed by atoms with Crippen LogP contribution in [0.25, 0.3) is 0 Å². The molecule has 3 N–H and O–H groups in total. The van der Waals surface area contributed by atoms with Crippen molar-refractivity contribution >= 4 is 11.9 Å². The Balaban J connectivity index is 4.02. The van der Waals surface area contributed by atoms with Crippen LogP contribution in [0.3, 0.4) is 0 Å². The maximum Gasteiger partial charge on any atom is 0.328 e. The number of nitrogens with two attached hydrogens (primary N) is 1. The van der Waals surface area contributed by atoms with Gasteiger partial charge in [-0.05, 0) is 45.1 Å². The lowest BCUT2D eigenvalue weighted by Crippen LogP contribution is -2.41. The Hall–Kier alpha value is -1.88. The normalized spacial score (nSPS) is 12.7. The van der Waals surface area contributed by atoms with Crippen LogP contribution in [0.2, 0.25) is 0 Å². The molecule has 0 bridgehead atoms. The molecule has 1 amide bonds. The molecule has 0 aliphatic rings. The minimum Gasteiger partial charge on any atom is -0.464 e. The Kier molecular flexibility index (Phi) is 22.4. The van der Waals surface area contributed by atoms with Crippen molar-refractivity contribution < 1.29 is 14.3 Å². The van der Waals surface area contributed by atoms with Gasteiger partial charge in [-0.25, -0.2) is 4.79 Å². The molecule has 0 rings (SSSR count). The van der Waals surface area contributed by atoms with Gasteiger partial charge in [0.05, 0.1) is 6.61 Å². The summed E-state index contributed by atoms with van der Waals surface area (Å²) in [5.74, 6) is -0.667. The number of carbonyl (C=O) groups is 2. The summed E-state index contributed by atoms with van der Waals surface area (Å²) in [6.07, 6.45) is 27.1. The molecule has 32 heavy (non-hydrogen) atoms. The summed E-state index contributed by atoms with van der Waals surface area (Å²) in [5.41, 5.74) is 5.51. The van der Waals surface area contributed by atoms with Crippen LogP contribution in [0.15, 0.2) is 36.5 Å². The van der Waals surface area contributed by atoms with Crippen LogP contribution in [0.5, 0.6) is 0 Å². The fourth-order valence-corrected chi connectivity index (χ4v) is 3.28. The van der Waals surface area contributed by atoms with E-state index in [9.17, 15) is 9.59 Å². The van der Waals surface area contributed by atoms with Crippen molar-refractivity contribution in [2.24, 2.45) is 5.73 Å². The zero-order chi connectivity index (χ0) is 23.7. The van der Waals surface area contributed by atoms with Crippen molar-refractivity contribution in [1.82, 2.24) is 5.32 Å². The molecule has 0 aromatic rings. The van der Waals surface area contributed by atoms with Gasteiger partial charge in [0.25, 0.3) is 0 Å². The molecule has 0 aliphatic heterocycles. The van der Waals surface area contributed by atoms with Gasteiger partial charge in [0.1, 0.15) is 6.04 Å². The average molecular weight is 449 g/mol. The van der Waals surface area contributed by atoms with Gasteiger partial charge in [-0.15, -0.1) is 0 Å². The van der Waals surface area contributed by atoms with E-state index in [1.807, 2.05) is 25.2 Å². The van der Waals surface area contributed by atoms with Gasteiger partial charge in [-0.3, -0.25) is 4.79 Å². The lowest BCUT2D eigenvalue weighted by atomic mass is 10.1. The minimum absolute atomic E-state index is 0.292. The summed E-state index contributed by atoms with van der Waals surface area (Å²) >= 11 is 0. The number of unbranched alkanes of at least 4 members (excludes halogenated alkanes) is 10. The maximum absolute atomic E-state index is 12.1. The first-order chi connectivity index (χ1) is 15.7. The van der Waals surface area contributed by atoms with Crippen molar-refractivity contribution in [3.63, 3.8) is 0 Å². The van der Waals surface area contributed by atoms with Crippen LogP contribution in [0.4, 0.5) is 0 Å². The Bertz CT molecular complexity index is 541. The third-order valence-corrected chi connectivity index (χ3v) is 5.19. The second-order valence-electron chi connectivity index (χ2n) is 8.30. The molecule has 0 fully saturated rings. The summed E-state index contributed by atoms with van der Waals surface area (Å²) in [7, 11) is 0. The third-order valence-electron chi connectivity index (χ3n) is 5.19. The van der Waals surface area contributed by atoms with Gasteiger partial charge in [0.2, 0.25) is 5.91 Å². The average Bonchev–Trinajstić information content (AvgIpc) is 2.79. The molecular formula is C27H48N2O3. The molecule has 0 aromatic carbocycles. The smallest absolute Gasteiger partial charge is 0.328 e. The molecule has 0 unspecified atom stereocenters. The van der Waals surface area contributed by atoms with E-state index in [1.165, 1.54) is 63.9 Å². The molecule has 184 valence electrons. The first-order valence-corrected chi connectivity index (χ1v) is 12.8. The number of esters is 1. The van der Waals surface area contributed by atoms with E-state index in [4.69, 9.17) is 10.5 Å². The van der Waals surface area contributed by atoms with E-state index in [0.717, 1.165) is 25.7 Å². The molecule has 0 radical (unpaired) electrons. The molecule has 1 atom stereocenters. The quantitative estimate of drug-likeness (QED) is 0.0956. The van der Waals surface area contributed by atoms with Crippen LogP contribution in [-0.2, 0) is 14.3 Å². The Morgan fingerprint density at radius 1 is 0.812 bits per heavy atom. The van der Waals surface area contributed by atoms with Gasteiger partial charge < -0.3 is 15.8 Å². The van der Waals surface area contributed by atoms with Gasteiger partial charge >= 0.3 is 5.97 Å². The minimum atomic E-state index is -0.620. The topological polar surface area (TPSA) is 81.4 Å². The van der Waals surface area contributed by atoms with Crippen LogP contribution >= 0.6 is 0 Å². The van der Waals surface area contributed by atoms with Crippen molar-refractivity contribution in [3.05, 3.63) is 36.5 Å². The molecule has 5 nitrogen and oxygen atoms in total. The van der Waals surface area contributed by atoms with E-state index < -0.39 is 6.04 Å². The zero-order valence-electron chi connectivity index (χ0n) is 20.7. The number of amides is 1. The first-order valence-electron chi connectivity index (χ1n) is 12.8.